The minimum absolute atomic E-state index is 0.0790. The summed E-state index contributed by atoms with van der Waals surface area (Å²) in [4.78, 5) is 10.2. The van der Waals surface area contributed by atoms with Crippen LogP contribution in [0.5, 0.6) is 5.75 Å². The van der Waals surface area contributed by atoms with Crippen LogP contribution in [-0.2, 0) is 34.1 Å². The summed E-state index contributed by atoms with van der Waals surface area (Å²) in [5, 5.41) is 23.0. The summed E-state index contributed by atoms with van der Waals surface area (Å²) < 4.78 is 72.1. The van der Waals surface area contributed by atoms with E-state index in [0.29, 0.717) is 17.0 Å². The van der Waals surface area contributed by atoms with Gasteiger partial charge in [-0.05, 0) is 85.4 Å². The van der Waals surface area contributed by atoms with Crippen molar-refractivity contribution in [2.75, 3.05) is 20.1 Å². The molecule has 1 aliphatic rings. The van der Waals surface area contributed by atoms with Gasteiger partial charge in [0.2, 0.25) is 10.0 Å². The number of benzene rings is 3. The monoisotopic (exact) mass is 648 g/mol. The van der Waals surface area contributed by atoms with Crippen LogP contribution >= 0.6 is 0 Å². The minimum atomic E-state index is -5.17. The van der Waals surface area contributed by atoms with E-state index in [9.17, 15) is 31.5 Å². The fourth-order valence-electron chi connectivity index (χ4n) is 5.87. The van der Waals surface area contributed by atoms with E-state index < -0.39 is 39.1 Å². The van der Waals surface area contributed by atoms with Crippen LogP contribution in [0.4, 0.5) is 13.2 Å². The molecule has 3 aromatic rings. The second-order valence-corrected chi connectivity index (χ2v) is 14.3. The Balaban J connectivity index is 1.44. The van der Waals surface area contributed by atoms with Crippen molar-refractivity contribution in [1.29, 1.82) is 0 Å². The van der Waals surface area contributed by atoms with Gasteiger partial charge in [-0.3, -0.25) is 4.79 Å². The number of fused-ring (bicyclic) bond motifs is 1. The number of ether oxygens (including phenoxy) is 1. The molecule has 0 heterocycles. The third-order valence-corrected chi connectivity index (χ3v) is 9.83. The number of hydrogen-bond donors (Lipinski definition) is 3. The molecule has 0 amide bonds. The molecule has 244 valence electrons. The third kappa shape index (κ3) is 9.52. The Kier molecular flexibility index (Phi) is 10.6. The molecule has 1 aliphatic carbocycles. The molecule has 0 aromatic heterocycles. The van der Waals surface area contributed by atoms with Crippen molar-refractivity contribution in [3.05, 3.63) is 83.4 Å². The summed E-state index contributed by atoms with van der Waals surface area (Å²) in [5.74, 6) is -1.46. The van der Waals surface area contributed by atoms with Crippen molar-refractivity contribution in [3.8, 4) is 16.9 Å². The topological polar surface area (TPSA) is 116 Å². The molecule has 0 fully saturated rings. The number of likely N-dealkylation sites (N-methyl/N-ethyl adjacent to an activating group) is 1. The number of halogens is 3. The molecule has 0 spiro atoms. The maximum absolute atomic E-state index is 13.5. The highest BCUT2D eigenvalue weighted by molar-refractivity contribution is 7.89. The lowest BCUT2D eigenvalue weighted by atomic mass is 9.88. The average molecular weight is 649 g/mol. The first kappa shape index (κ1) is 34.4. The van der Waals surface area contributed by atoms with Crippen molar-refractivity contribution in [2.24, 2.45) is 5.92 Å². The van der Waals surface area contributed by atoms with E-state index in [0.717, 1.165) is 35.7 Å². The predicted octanol–water partition coefficient (Wildman–Crippen LogP) is 5.42. The Morgan fingerprint density at radius 2 is 1.67 bits per heavy atom. The first-order chi connectivity index (χ1) is 21.0. The number of aryl methyl sites for hydroxylation is 1. The Labute approximate surface area is 261 Å². The first-order valence-corrected chi connectivity index (χ1v) is 16.1. The highest BCUT2D eigenvalue weighted by Crippen LogP contribution is 2.36. The molecule has 0 saturated carbocycles. The van der Waals surface area contributed by atoms with Gasteiger partial charge in [0.25, 0.3) is 0 Å². The summed E-state index contributed by atoms with van der Waals surface area (Å²) in [6.07, 6.45) is -3.41. The smallest absolute Gasteiger partial charge is 0.481 e. The molecular weight excluding hydrogens is 609 g/mol. The van der Waals surface area contributed by atoms with E-state index in [1.165, 1.54) is 24.2 Å². The van der Waals surface area contributed by atoms with Crippen LogP contribution in [-0.4, -0.2) is 67.0 Å². The number of rotatable bonds is 14. The molecule has 0 saturated heterocycles. The molecule has 12 heteroatoms. The summed E-state index contributed by atoms with van der Waals surface area (Å²) in [6, 6.07) is 18.3. The van der Waals surface area contributed by atoms with Gasteiger partial charge in [0.05, 0.1) is 6.10 Å². The Hall–Kier alpha value is -3.45. The number of nitrogens with zero attached hydrogens (tertiary/aromatic N) is 1. The minimum Gasteiger partial charge on any atom is -0.481 e. The number of carboxylic acids is 1. The molecule has 0 aliphatic heterocycles. The maximum atomic E-state index is 13.5. The Bertz CT molecular complexity index is 1580. The lowest BCUT2D eigenvalue weighted by molar-refractivity contribution is -0.275. The van der Waals surface area contributed by atoms with Gasteiger partial charge < -0.3 is 20.3 Å². The highest BCUT2D eigenvalue weighted by atomic mass is 32.2. The molecule has 3 aromatic carbocycles. The van der Waals surface area contributed by atoms with Crippen LogP contribution in [0.1, 0.15) is 43.4 Å². The van der Waals surface area contributed by atoms with Gasteiger partial charge in [0.15, 0.2) is 0 Å². The molecule has 3 N–H and O–H groups in total. The number of carbonyl (C=O) groups is 1. The molecule has 0 radical (unpaired) electrons. The van der Waals surface area contributed by atoms with Gasteiger partial charge in [0, 0.05) is 32.1 Å². The van der Waals surface area contributed by atoms with Gasteiger partial charge in [-0.1, -0.05) is 54.6 Å². The molecular formula is C33H39F3N2O6S. The van der Waals surface area contributed by atoms with Crippen LogP contribution in [0.2, 0.25) is 0 Å². The number of sulfonamides is 1. The van der Waals surface area contributed by atoms with E-state index in [4.69, 9.17) is 5.11 Å². The number of alkyl halides is 3. The second-order valence-electron chi connectivity index (χ2n) is 12.3. The zero-order valence-electron chi connectivity index (χ0n) is 25.5. The molecule has 8 nitrogen and oxygen atoms in total. The molecule has 1 unspecified atom stereocenters. The van der Waals surface area contributed by atoms with Gasteiger partial charge in [-0.25, -0.2) is 8.42 Å². The lowest BCUT2D eigenvalue weighted by Crippen LogP contribution is -2.47. The van der Waals surface area contributed by atoms with E-state index in [1.807, 2.05) is 26.0 Å². The summed E-state index contributed by atoms with van der Waals surface area (Å²) in [7, 11) is -3.32. The number of aliphatic carboxylic acids is 1. The van der Waals surface area contributed by atoms with Crippen molar-refractivity contribution >= 4 is 16.0 Å². The van der Waals surface area contributed by atoms with Gasteiger partial charge in [-0.15, -0.1) is 13.2 Å². The van der Waals surface area contributed by atoms with Crippen LogP contribution in [0.25, 0.3) is 11.1 Å². The number of nitrogens with one attached hydrogen (secondary N) is 1. The van der Waals surface area contributed by atoms with Crippen LogP contribution in [0, 0.1) is 5.92 Å². The standard InChI is InChI=1S/C33H39F3N2O6S/c1-32(2,19-23-16-24-8-4-5-9-25(24)17-23)37-20-28(39)21-38(3)45(42,43)30-13-12-27(18-29(30)44-33(34,35)36)26-10-6-7-22(15-26)11-14-31(40)41/h4-10,12-13,15,18,23,28,37,39H,11,14,16-17,19-21H2,1-3H3,(H,40,41). The molecule has 4 rings (SSSR count). The first-order valence-electron chi connectivity index (χ1n) is 14.7. The number of aliphatic hydroxyl groups is 1. The fourth-order valence-corrected chi connectivity index (χ4v) is 7.17. The largest absolute Gasteiger partial charge is 0.573 e. The van der Waals surface area contributed by atoms with E-state index >= 15 is 0 Å². The van der Waals surface area contributed by atoms with Crippen LogP contribution in [0.3, 0.4) is 0 Å². The Morgan fingerprint density at radius 1 is 1.02 bits per heavy atom. The summed E-state index contributed by atoms with van der Waals surface area (Å²) in [6.45, 7) is 3.76. The van der Waals surface area contributed by atoms with Crippen molar-refractivity contribution in [3.63, 3.8) is 0 Å². The normalized spacial score (nSPS) is 14.8. The quantitative estimate of drug-likeness (QED) is 0.214. The zero-order chi connectivity index (χ0) is 33.0. The maximum Gasteiger partial charge on any atom is 0.573 e. The second kappa shape index (κ2) is 13.9. The lowest BCUT2D eigenvalue weighted by Gasteiger charge is -2.31. The summed E-state index contributed by atoms with van der Waals surface area (Å²) in [5.41, 5.74) is 3.72. The average Bonchev–Trinajstić information content (AvgIpc) is 3.36. The van der Waals surface area contributed by atoms with Gasteiger partial charge in [0.1, 0.15) is 10.6 Å². The number of β-amino-alcohol motifs (C(OH)–C–C–N with tert-alkyl or cyclic N) is 1. The zero-order valence-corrected chi connectivity index (χ0v) is 26.3. The summed E-state index contributed by atoms with van der Waals surface area (Å²) >= 11 is 0. The molecule has 0 bridgehead atoms. The van der Waals surface area contributed by atoms with E-state index in [1.54, 1.807) is 24.3 Å². The SMILES string of the molecule is CN(CC(O)CNC(C)(C)CC1Cc2ccccc2C1)S(=O)(=O)c1ccc(-c2cccc(CCC(=O)O)c2)cc1OC(F)(F)F. The molecule has 1 atom stereocenters. The van der Waals surface area contributed by atoms with Crippen LogP contribution in [0.15, 0.2) is 71.6 Å². The Morgan fingerprint density at radius 3 is 2.29 bits per heavy atom. The number of hydrogen-bond acceptors (Lipinski definition) is 6. The van der Waals surface area contributed by atoms with Gasteiger partial charge >= 0.3 is 12.3 Å². The number of aliphatic hydroxyl groups excluding tert-OH is 1. The third-order valence-electron chi connectivity index (χ3n) is 7.96. The van der Waals surface area contributed by atoms with E-state index in [2.05, 4.69) is 22.2 Å². The van der Waals surface area contributed by atoms with Gasteiger partial charge in [-0.2, -0.15) is 4.31 Å². The highest BCUT2D eigenvalue weighted by Gasteiger charge is 2.36. The predicted molar refractivity (Wildman–Crippen MR) is 164 cm³/mol. The van der Waals surface area contributed by atoms with Crippen molar-refractivity contribution in [1.82, 2.24) is 9.62 Å². The fraction of sp³-hybridized carbons (Fsp3) is 0.424. The van der Waals surface area contributed by atoms with Crippen molar-refractivity contribution < 1.29 is 41.3 Å². The molecule has 45 heavy (non-hydrogen) atoms. The van der Waals surface area contributed by atoms with E-state index in [-0.39, 0.29) is 37.0 Å². The van der Waals surface area contributed by atoms with Crippen molar-refractivity contribution in [2.45, 2.75) is 68.9 Å². The van der Waals surface area contributed by atoms with Crippen LogP contribution < -0.4 is 10.1 Å². The number of carboxylic acid groups (broad SMARTS) is 1.